The molecule has 0 bridgehead atoms. The highest BCUT2D eigenvalue weighted by atomic mass is 16.2. The molecule has 0 aromatic carbocycles. The lowest BCUT2D eigenvalue weighted by molar-refractivity contribution is -0.139. The molecule has 0 aliphatic carbocycles. The summed E-state index contributed by atoms with van der Waals surface area (Å²) in [5.41, 5.74) is 5.22. The van der Waals surface area contributed by atoms with Crippen molar-refractivity contribution in [2.45, 2.75) is 18.9 Å². The van der Waals surface area contributed by atoms with Gasteiger partial charge in [0.25, 0.3) is 0 Å². The van der Waals surface area contributed by atoms with Crippen LogP contribution in [-0.2, 0) is 9.59 Å². The molecule has 1 aliphatic rings. The van der Waals surface area contributed by atoms with E-state index in [0.29, 0.717) is 13.1 Å². The molecule has 1 saturated heterocycles. The third-order valence-electron chi connectivity index (χ3n) is 2.69. The van der Waals surface area contributed by atoms with Crippen molar-refractivity contribution in [3.8, 4) is 0 Å². The molecular formula is C10H20N4O2. The molecule has 1 aliphatic heterocycles. The van der Waals surface area contributed by atoms with Crippen molar-refractivity contribution in [1.82, 2.24) is 15.5 Å². The lowest BCUT2D eigenvalue weighted by Gasteiger charge is -2.29. The zero-order valence-electron chi connectivity index (χ0n) is 9.66. The number of piperidine rings is 1. The van der Waals surface area contributed by atoms with Gasteiger partial charge in [0.1, 0.15) is 0 Å². The SMILES string of the molecule is CN1CCC(NC(=O)C(=O)NCCN)CC1. The van der Waals surface area contributed by atoms with Crippen LogP contribution in [0.25, 0.3) is 0 Å². The molecule has 0 aromatic heterocycles. The first kappa shape index (κ1) is 12.9. The summed E-state index contributed by atoms with van der Waals surface area (Å²) in [6, 6.07) is 0.118. The average molecular weight is 228 g/mol. The molecular weight excluding hydrogens is 208 g/mol. The van der Waals surface area contributed by atoms with Crippen LogP contribution in [0.3, 0.4) is 0 Å². The fraction of sp³-hybridized carbons (Fsp3) is 0.800. The van der Waals surface area contributed by atoms with Gasteiger partial charge in [-0.2, -0.15) is 0 Å². The summed E-state index contributed by atoms with van der Waals surface area (Å²) in [5.74, 6) is -1.15. The second kappa shape index (κ2) is 6.44. The molecule has 92 valence electrons. The van der Waals surface area contributed by atoms with Gasteiger partial charge in [0.2, 0.25) is 0 Å². The van der Waals surface area contributed by atoms with Crippen molar-refractivity contribution in [2.75, 3.05) is 33.2 Å². The molecule has 0 aromatic rings. The molecule has 0 saturated carbocycles. The lowest BCUT2D eigenvalue weighted by atomic mass is 10.1. The topological polar surface area (TPSA) is 87.5 Å². The summed E-state index contributed by atoms with van der Waals surface area (Å²) < 4.78 is 0. The number of nitrogens with one attached hydrogen (secondary N) is 2. The largest absolute Gasteiger partial charge is 0.347 e. The van der Waals surface area contributed by atoms with Crippen molar-refractivity contribution in [2.24, 2.45) is 5.73 Å². The second-order valence-electron chi connectivity index (χ2n) is 4.10. The predicted octanol–water partition coefficient (Wildman–Crippen LogP) is -1.73. The summed E-state index contributed by atoms with van der Waals surface area (Å²) in [7, 11) is 2.05. The van der Waals surface area contributed by atoms with Crippen LogP contribution in [0.15, 0.2) is 0 Å². The molecule has 0 radical (unpaired) electrons. The van der Waals surface area contributed by atoms with Crippen molar-refractivity contribution in [3.63, 3.8) is 0 Å². The van der Waals surface area contributed by atoms with E-state index in [9.17, 15) is 9.59 Å². The molecule has 0 atom stereocenters. The number of hydrogen-bond donors (Lipinski definition) is 3. The number of hydrogen-bond acceptors (Lipinski definition) is 4. The predicted molar refractivity (Wildman–Crippen MR) is 60.7 cm³/mol. The number of carbonyl (C=O) groups excluding carboxylic acids is 2. The van der Waals surface area contributed by atoms with Gasteiger partial charge >= 0.3 is 11.8 Å². The van der Waals surface area contributed by atoms with Crippen LogP contribution in [0, 0.1) is 0 Å². The van der Waals surface area contributed by atoms with E-state index >= 15 is 0 Å². The maximum Gasteiger partial charge on any atom is 0.309 e. The number of rotatable bonds is 3. The minimum atomic E-state index is -0.593. The summed E-state index contributed by atoms with van der Waals surface area (Å²) in [6.45, 7) is 2.58. The Hall–Kier alpha value is -1.14. The average Bonchev–Trinajstić information content (AvgIpc) is 2.29. The van der Waals surface area contributed by atoms with Gasteiger partial charge in [-0.25, -0.2) is 0 Å². The molecule has 2 amide bonds. The molecule has 0 spiro atoms. The van der Waals surface area contributed by atoms with E-state index < -0.39 is 11.8 Å². The van der Waals surface area contributed by atoms with Crippen LogP contribution in [0.1, 0.15) is 12.8 Å². The standard InChI is InChI=1S/C10H20N4O2/c1-14-6-2-8(3-7-14)13-10(16)9(15)12-5-4-11/h8H,2-7,11H2,1H3,(H,12,15)(H,13,16). The molecule has 6 heteroatoms. The first-order valence-electron chi connectivity index (χ1n) is 5.60. The monoisotopic (exact) mass is 228 g/mol. The normalized spacial score (nSPS) is 18.1. The third-order valence-corrected chi connectivity index (χ3v) is 2.69. The van der Waals surface area contributed by atoms with E-state index in [4.69, 9.17) is 5.73 Å². The van der Waals surface area contributed by atoms with Gasteiger partial charge < -0.3 is 21.3 Å². The zero-order valence-corrected chi connectivity index (χ0v) is 9.66. The number of likely N-dealkylation sites (tertiary alicyclic amines) is 1. The molecule has 0 unspecified atom stereocenters. The minimum Gasteiger partial charge on any atom is -0.347 e. The molecule has 1 heterocycles. The Kier molecular flexibility index (Phi) is 5.21. The molecule has 1 fully saturated rings. The maximum atomic E-state index is 11.4. The Morgan fingerprint density at radius 1 is 1.31 bits per heavy atom. The fourth-order valence-corrected chi connectivity index (χ4v) is 1.67. The van der Waals surface area contributed by atoms with Gasteiger partial charge in [-0.1, -0.05) is 0 Å². The third kappa shape index (κ3) is 4.16. The number of nitrogens with zero attached hydrogens (tertiary/aromatic N) is 1. The van der Waals surface area contributed by atoms with E-state index in [2.05, 4.69) is 15.5 Å². The van der Waals surface area contributed by atoms with Crippen LogP contribution in [0.2, 0.25) is 0 Å². The molecule has 6 nitrogen and oxygen atoms in total. The summed E-state index contributed by atoms with van der Waals surface area (Å²) in [6.07, 6.45) is 1.79. The summed E-state index contributed by atoms with van der Waals surface area (Å²) in [5, 5.41) is 5.17. The Bertz CT molecular complexity index is 249. The maximum absolute atomic E-state index is 11.4. The van der Waals surface area contributed by atoms with Gasteiger partial charge in [-0.05, 0) is 33.0 Å². The smallest absolute Gasteiger partial charge is 0.309 e. The van der Waals surface area contributed by atoms with Crippen LogP contribution < -0.4 is 16.4 Å². The highest BCUT2D eigenvalue weighted by molar-refractivity contribution is 6.35. The van der Waals surface area contributed by atoms with Gasteiger partial charge in [0, 0.05) is 19.1 Å². The van der Waals surface area contributed by atoms with Gasteiger partial charge in [-0.15, -0.1) is 0 Å². The Balaban J connectivity index is 2.25. The van der Waals surface area contributed by atoms with Crippen molar-refractivity contribution in [3.05, 3.63) is 0 Å². The van der Waals surface area contributed by atoms with Crippen molar-refractivity contribution in [1.29, 1.82) is 0 Å². The van der Waals surface area contributed by atoms with Gasteiger partial charge in [0.15, 0.2) is 0 Å². The van der Waals surface area contributed by atoms with E-state index in [1.54, 1.807) is 0 Å². The number of carbonyl (C=O) groups is 2. The zero-order chi connectivity index (χ0) is 12.0. The van der Waals surface area contributed by atoms with Crippen molar-refractivity contribution >= 4 is 11.8 Å². The van der Waals surface area contributed by atoms with Crippen molar-refractivity contribution < 1.29 is 9.59 Å². The van der Waals surface area contributed by atoms with E-state index in [-0.39, 0.29) is 6.04 Å². The second-order valence-corrected chi connectivity index (χ2v) is 4.10. The summed E-state index contributed by atoms with van der Waals surface area (Å²) >= 11 is 0. The Morgan fingerprint density at radius 2 is 1.94 bits per heavy atom. The summed E-state index contributed by atoms with van der Waals surface area (Å²) in [4.78, 5) is 24.9. The highest BCUT2D eigenvalue weighted by Gasteiger charge is 2.21. The van der Waals surface area contributed by atoms with Crippen LogP contribution >= 0.6 is 0 Å². The first-order valence-corrected chi connectivity index (χ1v) is 5.60. The first-order chi connectivity index (χ1) is 7.63. The number of amides is 2. The van der Waals surface area contributed by atoms with E-state index in [0.717, 1.165) is 25.9 Å². The molecule has 4 N–H and O–H groups in total. The van der Waals surface area contributed by atoms with Gasteiger partial charge in [0.05, 0.1) is 0 Å². The Morgan fingerprint density at radius 3 is 2.50 bits per heavy atom. The Labute approximate surface area is 95.5 Å². The minimum absolute atomic E-state index is 0.118. The van der Waals surface area contributed by atoms with Crippen LogP contribution in [0.4, 0.5) is 0 Å². The number of nitrogens with two attached hydrogens (primary N) is 1. The van der Waals surface area contributed by atoms with Crippen LogP contribution in [-0.4, -0.2) is 56.0 Å². The quantitative estimate of drug-likeness (QED) is 0.501. The highest BCUT2D eigenvalue weighted by Crippen LogP contribution is 2.07. The van der Waals surface area contributed by atoms with E-state index in [1.165, 1.54) is 0 Å². The molecule has 1 rings (SSSR count). The van der Waals surface area contributed by atoms with Crippen LogP contribution in [0.5, 0.6) is 0 Å². The fourth-order valence-electron chi connectivity index (χ4n) is 1.67. The lowest BCUT2D eigenvalue weighted by Crippen LogP contribution is -2.49. The van der Waals surface area contributed by atoms with Gasteiger partial charge in [-0.3, -0.25) is 9.59 Å². The van der Waals surface area contributed by atoms with E-state index in [1.807, 2.05) is 7.05 Å². The molecule has 16 heavy (non-hydrogen) atoms.